The first-order chi connectivity index (χ1) is 8.69. The van der Waals surface area contributed by atoms with Gasteiger partial charge >= 0.3 is 0 Å². The van der Waals surface area contributed by atoms with E-state index < -0.39 is 0 Å². The number of nitrogens with one attached hydrogen (secondary N) is 1. The first-order valence-corrected chi connectivity index (χ1v) is 8.03. The van der Waals surface area contributed by atoms with Gasteiger partial charge in [-0.05, 0) is 64.7 Å². The summed E-state index contributed by atoms with van der Waals surface area (Å²) in [5.74, 6) is 0. The molecule has 96 valence electrons. The molecule has 2 aromatic heterocycles. The van der Waals surface area contributed by atoms with Gasteiger partial charge in [-0.1, -0.05) is 13.0 Å². The van der Waals surface area contributed by atoms with Crippen LogP contribution in [0.4, 0.5) is 0 Å². The normalized spacial score (nSPS) is 12.6. The molecule has 0 fully saturated rings. The van der Waals surface area contributed by atoms with Crippen LogP contribution in [0.1, 0.15) is 29.8 Å². The van der Waals surface area contributed by atoms with Gasteiger partial charge in [-0.2, -0.15) is 0 Å². The van der Waals surface area contributed by atoms with Crippen molar-refractivity contribution in [3.05, 3.63) is 49.5 Å². The standard InChI is InChI=1S/C14H17IN2S/c1-3-16-13(11-6-14(15)18-9-11)7-12-5-4-10(2)8-17-12/h4-6,8-9,13,16H,3,7H2,1-2H3. The Morgan fingerprint density at radius 3 is 2.83 bits per heavy atom. The molecular weight excluding hydrogens is 355 g/mol. The summed E-state index contributed by atoms with van der Waals surface area (Å²) < 4.78 is 1.34. The van der Waals surface area contributed by atoms with E-state index >= 15 is 0 Å². The molecule has 1 atom stereocenters. The highest BCUT2D eigenvalue weighted by atomic mass is 127. The maximum Gasteiger partial charge on any atom is 0.0656 e. The Hall–Kier alpha value is -0.460. The van der Waals surface area contributed by atoms with E-state index in [1.54, 1.807) is 11.3 Å². The predicted octanol–water partition coefficient (Wildman–Crippen LogP) is 3.95. The number of nitrogens with zero attached hydrogens (tertiary/aromatic N) is 1. The Bertz CT molecular complexity index is 493. The summed E-state index contributed by atoms with van der Waals surface area (Å²) in [7, 11) is 0. The van der Waals surface area contributed by atoms with Gasteiger partial charge in [-0.25, -0.2) is 0 Å². The molecule has 1 N–H and O–H groups in total. The average Bonchev–Trinajstić information content (AvgIpc) is 2.78. The lowest BCUT2D eigenvalue weighted by atomic mass is 10.0. The van der Waals surface area contributed by atoms with E-state index in [2.05, 4.69) is 70.3 Å². The molecule has 18 heavy (non-hydrogen) atoms. The van der Waals surface area contributed by atoms with E-state index in [4.69, 9.17) is 0 Å². The Morgan fingerprint density at radius 1 is 1.44 bits per heavy atom. The highest BCUT2D eigenvalue weighted by Gasteiger charge is 2.13. The Morgan fingerprint density at radius 2 is 2.28 bits per heavy atom. The number of aryl methyl sites for hydroxylation is 1. The van der Waals surface area contributed by atoms with Crippen molar-refractivity contribution >= 4 is 33.9 Å². The molecule has 0 saturated heterocycles. The van der Waals surface area contributed by atoms with Gasteiger partial charge in [0.25, 0.3) is 0 Å². The topological polar surface area (TPSA) is 24.9 Å². The Balaban J connectivity index is 2.13. The Labute approximate surface area is 126 Å². The number of hydrogen-bond acceptors (Lipinski definition) is 3. The monoisotopic (exact) mass is 372 g/mol. The third kappa shape index (κ3) is 3.76. The van der Waals surface area contributed by atoms with Crippen molar-refractivity contribution in [1.82, 2.24) is 10.3 Å². The first-order valence-electron chi connectivity index (χ1n) is 6.08. The third-order valence-electron chi connectivity index (χ3n) is 2.83. The molecule has 0 bridgehead atoms. The zero-order valence-electron chi connectivity index (χ0n) is 10.6. The number of halogens is 1. The van der Waals surface area contributed by atoms with Crippen LogP contribution in [0.3, 0.4) is 0 Å². The fraction of sp³-hybridized carbons (Fsp3) is 0.357. The van der Waals surface area contributed by atoms with Crippen LogP contribution < -0.4 is 5.32 Å². The molecule has 0 aliphatic carbocycles. The van der Waals surface area contributed by atoms with Gasteiger partial charge in [0.1, 0.15) is 0 Å². The number of rotatable bonds is 5. The maximum atomic E-state index is 4.49. The minimum Gasteiger partial charge on any atom is -0.310 e. The molecule has 0 saturated carbocycles. The molecule has 2 aromatic rings. The third-order valence-corrected chi connectivity index (χ3v) is 4.63. The summed E-state index contributed by atoms with van der Waals surface area (Å²) in [6.07, 6.45) is 2.89. The predicted molar refractivity (Wildman–Crippen MR) is 86.1 cm³/mol. The van der Waals surface area contributed by atoms with Crippen molar-refractivity contribution in [2.24, 2.45) is 0 Å². The van der Waals surface area contributed by atoms with Crippen LogP contribution in [0.25, 0.3) is 0 Å². The molecule has 4 heteroatoms. The fourth-order valence-electron chi connectivity index (χ4n) is 1.89. The number of hydrogen-bond donors (Lipinski definition) is 1. The van der Waals surface area contributed by atoms with E-state index in [1.807, 2.05) is 6.20 Å². The second kappa shape index (κ2) is 6.63. The van der Waals surface area contributed by atoms with Gasteiger partial charge in [0, 0.05) is 24.4 Å². The summed E-state index contributed by atoms with van der Waals surface area (Å²) in [6.45, 7) is 5.19. The highest BCUT2D eigenvalue weighted by Crippen LogP contribution is 2.24. The van der Waals surface area contributed by atoms with Gasteiger partial charge in [0.15, 0.2) is 0 Å². The summed E-state index contributed by atoms with van der Waals surface area (Å²) in [5, 5.41) is 5.78. The van der Waals surface area contributed by atoms with Gasteiger partial charge in [0.05, 0.1) is 2.88 Å². The minimum atomic E-state index is 0.366. The van der Waals surface area contributed by atoms with Crippen molar-refractivity contribution < 1.29 is 0 Å². The van der Waals surface area contributed by atoms with Crippen molar-refractivity contribution in [2.45, 2.75) is 26.3 Å². The van der Waals surface area contributed by atoms with Crippen molar-refractivity contribution in [1.29, 1.82) is 0 Å². The van der Waals surface area contributed by atoms with Crippen LogP contribution in [-0.2, 0) is 6.42 Å². The SMILES string of the molecule is CCNC(Cc1ccc(C)cn1)c1csc(I)c1. The smallest absolute Gasteiger partial charge is 0.0656 e. The lowest BCUT2D eigenvalue weighted by Gasteiger charge is -2.16. The number of likely N-dealkylation sites (N-methyl/N-ethyl adjacent to an activating group) is 1. The average molecular weight is 372 g/mol. The van der Waals surface area contributed by atoms with Crippen molar-refractivity contribution in [3.63, 3.8) is 0 Å². The van der Waals surface area contributed by atoms with Crippen LogP contribution in [0.2, 0.25) is 0 Å². The van der Waals surface area contributed by atoms with Crippen LogP contribution in [0, 0.1) is 9.81 Å². The van der Waals surface area contributed by atoms with E-state index in [0.29, 0.717) is 6.04 Å². The summed E-state index contributed by atoms with van der Waals surface area (Å²) >= 11 is 4.17. The largest absolute Gasteiger partial charge is 0.310 e. The molecule has 0 amide bonds. The highest BCUT2D eigenvalue weighted by molar-refractivity contribution is 14.1. The lowest BCUT2D eigenvalue weighted by Crippen LogP contribution is -2.22. The van der Waals surface area contributed by atoms with Crippen LogP contribution >= 0.6 is 33.9 Å². The van der Waals surface area contributed by atoms with E-state index in [9.17, 15) is 0 Å². The molecule has 0 aliphatic rings. The quantitative estimate of drug-likeness (QED) is 0.804. The summed E-state index contributed by atoms with van der Waals surface area (Å²) in [6, 6.07) is 6.87. The molecule has 0 radical (unpaired) electrons. The lowest BCUT2D eigenvalue weighted by molar-refractivity contribution is 0.545. The zero-order valence-corrected chi connectivity index (χ0v) is 13.6. The number of aromatic nitrogens is 1. The second-order valence-corrected chi connectivity index (χ2v) is 7.13. The molecule has 2 heterocycles. The van der Waals surface area contributed by atoms with Crippen molar-refractivity contribution in [3.8, 4) is 0 Å². The molecule has 0 aromatic carbocycles. The van der Waals surface area contributed by atoms with Gasteiger partial charge in [-0.15, -0.1) is 11.3 Å². The molecular formula is C14H17IN2S. The molecule has 2 rings (SSSR count). The zero-order chi connectivity index (χ0) is 13.0. The van der Waals surface area contributed by atoms with Crippen LogP contribution in [0.15, 0.2) is 29.8 Å². The summed E-state index contributed by atoms with van der Waals surface area (Å²) in [5.41, 5.74) is 3.73. The van der Waals surface area contributed by atoms with Gasteiger partial charge in [-0.3, -0.25) is 4.98 Å². The first kappa shape index (κ1) is 14.0. The molecule has 0 aliphatic heterocycles. The Kier molecular flexibility index (Phi) is 5.14. The maximum absolute atomic E-state index is 4.49. The van der Waals surface area contributed by atoms with E-state index in [0.717, 1.165) is 18.7 Å². The second-order valence-electron chi connectivity index (χ2n) is 4.33. The number of pyridine rings is 1. The van der Waals surface area contributed by atoms with E-state index in [1.165, 1.54) is 14.0 Å². The van der Waals surface area contributed by atoms with Crippen LogP contribution in [0.5, 0.6) is 0 Å². The van der Waals surface area contributed by atoms with Gasteiger partial charge < -0.3 is 5.32 Å². The van der Waals surface area contributed by atoms with Gasteiger partial charge in [0.2, 0.25) is 0 Å². The number of thiophene rings is 1. The fourth-order valence-corrected chi connectivity index (χ4v) is 3.31. The molecule has 0 spiro atoms. The molecule has 2 nitrogen and oxygen atoms in total. The van der Waals surface area contributed by atoms with E-state index in [-0.39, 0.29) is 0 Å². The summed E-state index contributed by atoms with van der Waals surface area (Å²) in [4.78, 5) is 4.49. The molecule has 1 unspecified atom stereocenters. The van der Waals surface area contributed by atoms with Crippen LogP contribution in [-0.4, -0.2) is 11.5 Å². The minimum absolute atomic E-state index is 0.366. The van der Waals surface area contributed by atoms with Crippen molar-refractivity contribution in [2.75, 3.05) is 6.54 Å².